The van der Waals surface area contributed by atoms with Crippen LogP contribution >= 0.6 is 0 Å². The smallest absolute Gasteiger partial charge is 0.308 e. The second-order valence-corrected chi connectivity index (χ2v) is 9.91. The van der Waals surface area contributed by atoms with Gasteiger partial charge in [0, 0.05) is 20.0 Å². The van der Waals surface area contributed by atoms with Crippen molar-refractivity contribution in [2.75, 3.05) is 19.5 Å². The normalized spacial score (nSPS) is 25.4. The number of nitrogens with zero attached hydrogens (tertiary/aromatic N) is 3. The first-order valence-corrected chi connectivity index (χ1v) is 12.0. The van der Waals surface area contributed by atoms with Gasteiger partial charge in [0.15, 0.2) is 11.6 Å². The van der Waals surface area contributed by atoms with Crippen molar-refractivity contribution in [1.82, 2.24) is 14.6 Å². The van der Waals surface area contributed by atoms with E-state index >= 15 is 0 Å². The van der Waals surface area contributed by atoms with Crippen LogP contribution < -0.4 is 5.73 Å². The molecule has 3 N–H and O–H groups in total. The Hall–Kier alpha value is -2.27. The van der Waals surface area contributed by atoms with E-state index in [1.54, 1.807) is 25.5 Å². The lowest BCUT2D eigenvalue weighted by Crippen LogP contribution is -2.41. The van der Waals surface area contributed by atoms with Crippen LogP contribution in [0.15, 0.2) is 18.5 Å². The number of methoxy groups -OCH3 is 1. The summed E-state index contributed by atoms with van der Waals surface area (Å²) in [5.41, 5.74) is 7.03. The van der Waals surface area contributed by atoms with Gasteiger partial charge in [-0.1, -0.05) is 19.3 Å². The molecule has 1 saturated carbocycles. The number of anilines is 1. The summed E-state index contributed by atoms with van der Waals surface area (Å²) in [5, 5.41) is 14.5. The average Bonchev–Trinajstić information content (AvgIpc) is 3.23. The summed E-state index contributed by atoms with van der Waals surface area (Å²) >= 11 is 0. The highest BCUT2D eigenvalue weighted by Gasteiger charge is 2.38. The van der Waals surface area contributed by atoms with E-state index < -0.39 is 17.5 Å². The molecule has 2 aromatic rings. The molecule has 1 saturated heterocycles. The highest BCUT2D eigenvalue weighted by molar-refractivity contribution is 5.70. The molecule has 1 aliphatic heterocycles. The molecule has 0 bridgehead atoms. The molecule has 0 amide bonds. The number of aliphatic hydroxyl groups is 1. The SMILES string of the molecule is COC1(CC(=O)OC[C@@H]2C[C@@H](OC(C)(C)O)C[C@H](c3ccc4c(N)ncnn34)O2)CCCCC1. The predicted molar refractivity (Wildman–Crippen MR) is 124 cm³/mol. The van der Waals surface area contributed by atoms with E-state index in [2.05, 4.69) is 10.1 Å². The molecule has 0 radical (unpaired) electrons. The number of esters is 1. The number of carbonyl (C=O) groups is 1. The van der Waals surface area contributed by atoms with Gasteiger partial charge in [-0.2, -0.15) is 5.10 Å². The highest BCUT2D eigenvalue weighted by atomic mass is 16.6. The Kier molecular flexibility index (Phi) is 7.42. The molecular weight excluding hydrogens is 440 g/mol. The molecule has 2 aliphatic rings. The largest absolute Gasteiger partial charge is 0.463 e. The third-order valence-corrected chi connectivity index (χ3v) is 6.75. The fourth-order valence-corrected chi connectivity index (χ4v) is 5.14. The lowest BCUT2D eigenvalue weighted by molar-refractivity contribution is -0.238. The summed E-state index contributed by atoms with van der Waals surface area (Å²) in [6, 6.07) is 3.74. The van der Waals surface area contributed by atoms with Crippen molar-refractivity contribution in [1.29, 1.82) is 0 Å². The van der Waals surface area contributed by atoms with Gasteiger partial charge in [-0.25, -0.2) is 9.50 Å². The van der Waals surface area contributed by atoms with Crippen LogP contribution in [0.25, 0.3) is 5.52 Å². The van der Waals surface area contributed by atoms with Gasteiger partial charge in [0.25, 0.3) is 0 Å². The lowest BCUT2D eigenvalue weighted by Gasteiger charge is -2.38. The molecule has 3 atom stereocenters. The van der Waals surface area contributed by atoms with Gasteiger partial charge in [-0.15, -0.1) is 0 Å². The molecule has 0 spiro atoms. The third kappa shape index (κ3) is 5.86. The van der Waals surface area contributed by atoms with Gasteiger partial charge >= 0.3 is 5.97 Å². The van der Waals surface area contributed by atoms with Gasteiger partial charge in [-0.05, 0) is 38.8 Å². The second-order valence-electron chi connectivity index (χ2n) is 9.91. The van der Waals surface area contributed by atoms with E-state index in [4.69, 9.17) is 24.7 Å². The van der Waals surface area contributed by atoms with Gasteiger partial charge in [-0.3, -0.25) is 4.79 Å². The van der Waals surface area contributed by atoms with Gasteiger partial charge in [0.1, 0.15) is 24.6 Å². The quantitative estimate of drug-likeness (QED) is 0.436. The molecule has 10 nitrogen and oxygen atoms in total. The third-order valence-electron chi connectivity index (χ3n) is 6.75. The first kappa shape index (κ1) is 24.8. The molecule has 188 valence electrons. The number of carbonyl (C=O) groups excluding carboxylic acids is 1. The lowest BCUT2D eigenvalue weighted by atomic mass is 9.82. The molecule has 0 unspecified atom stereocenters. The van der Waals surface area contributed by atoms with Crippen molar-refractivity contribution in [3.63, 3.8) is 0 Å². The molecule has 1 aliphatic carbocycles. The van der Waals surface area contributed by atoms with Crippen LogP contribution in [0.2, 0.25) is 0 Å². The van der Waals surface area contributed by atoms with Crippen LogP contribution in [0.4, 0.5) is 5.82 Å². The van der Waals surface area contributed by atoms with Crippen molar-refractivity contribution < 1.29 is 28.8 Å². The minimum absolute atomic E-state index is 0.0985. The Bertz CT molecular complexity index is 981. The molecule has 4 rings (SSSR count). The first-order valence-electron chi connectivity index (χ1n) is 12.0. The summed E-state index contributed by atoms with van der Waals surface area (Å²) in [4.78, 5) is 16.7. The number of ether oxygens (including phenoxy) is 4. The Balaban J connectivity index is 1.45. The summed E-state index contributed by atoms with van der Waals surface area (Å²) in [5.74, 6) is -1.21. The molecule has 34 heavy (non-hydrogen) atoms. The van der Waals surface area contributed by atoms with E-state index in [-0.39, 0.29) is 31.2 Å². The van der Waals surface area contributed by atoms with Gasteiger partial charge in [0.05, 0.1) is 29.9 Å². The topological polar surface area (TPSA) is 130 Å². The maximum atomic E-state index is 12.7. The zero-order valence-electron chi connectivity index (χ0n) is 20.2. The van der Waals surface area contributed by atoms with E-state index in [0.29, 0.717) is 24.2 Å². The van der Waals surface area contributed by atoms with Crippen molar-refractivity contribution in [2.24, 2.45) is 0 Å². The van der Waals surface area contributed by atoms with Crippen molar-refractivity contribution in [3.05, 3.63) is 24.2 Å². The van der Waals surface area contributed by atoms with Crippen LogP contribution in [0.3, 0.4) is 0 Å². The monoisotopic (exact) mass is 476 g/mol. The zero-order valence-corrected chi connectivity index (χ0v) is 20.2. The Morgan fingerprint density at radius 3 is 2.76 bits per heavy atom. The summed E-state index contributed by atoms with van der Waals surface area (Å²) in [6.45, 7) is 3.30. The standard InChI is InChI=1S/C24H36N4O6/c1-23(2,30)34-16-11-17(14-32-21(29)13-24(31-3)9-5-4-6-10-24)33-20(12-16)18-7-8-19-22(25)26-15-27-28(18)19/h7-8,15-17,20,30H,4-6,9-14H2,1-3H3,(H2,25,26,27)/t16-,17+,20-/m1/s1. The van der Waals surface area contributed by atoms with Crippen LogP contribution in [-0.4, -0.2) is 63.0 Å². The fraction of sp³-hybridized carbons (Fsp3) is 0.708. The fourth-order valence-electron chi connectivity index (χ4n) is 5.14. The van der Waals surface area contributed by atoms with Crippen LogP contribution in [0.1, 0.15) is 77.0 Å². The predicted octanol–water partition coefficient (Wildman–Crippen LogP) is 2.93. The molecule has 10 heteroatoms. The average molecular weight is 477 g/mol. The Labute approximate surface area is 199 Å². The number of hydrogen-bond donors (Lipinski definition) is 2. The van der Waals surface area contributed by atoms with Crippen molar-refractivity contribution in [2.45, 2.75) is 94.9 Å². The number of fused-ring (bicyclic) bond motifs is 1. The van der Waals surface area contributed by atoms with E-state index in [1.807, 2.05) is 12.1 Å². The van der Waals surface area contributed by atoms with Gasteiger partial charge in [0.2, 0.25) is 0 Å². The number of aromatic nitrogens is 3. The maximum absolute atomic E-state index is 12.7. The molecule has 2 fully saturated rings. The van der Waals surface area contributed by atoms with Crippen molar-refractivity contribution in [3.8, 4) is 0 Å². The summed E-state index contributed by atoms with van der Waals surface area (Å²) < 4.78 is 25.3. The minimum atomic E-state index is -1.30. The number of nitrogens with two attached hydrogens (primary N) is 1. The zero-order chi connectivity index (χ0) is 24.3. The second kappa shape index (κ2) is 10.2. The molecule has 3 heterocycles. The van der Waals surface area contributed by atoms with Crippen molar-refractivity contribution >= 4 is 17.3 Å². The number of nitrogen functional groups attached to an aromatic ring is 1. The van der Waals surface area contributed by atoms with E-state index in [1.165, 1.54) is 12.7 Å². The van der Waals surface area contributed by atoms with E-state index in [9.17, 15) is 9.90 Å². The van der Waals surface area contributed by atoms with Crippen LogP contribution in [0.5, 0.6) is 0 Å². The van der Waals surface area contributed by atoms with Gasteiger partial charge < -0.3 is 29.8 Å². The maximum Gasteiger partial charge on any atom is 0.308 e. The minimum Gasteiger partial charge on any atom is -0.463 e. The van der Waals surface area contributed by atoms with Crippen LogP contribution in [-0.2, 0) is 23.7 Å². The van der Waals surface area contributed by atoms with Crippen LogP contribution in [0, 0.1) is 0 Å². The highest BCUT2D eigenvalue weighted by Crippen LogP contribution is 2.36. The molecular formula is C24H36N4O6. The summed E-state index contributed by atoms with van der Waals surface area (Å²) in [6.07, 6.45) is 6.59. The Morgan fingerprint density at radius 1 is 1.29 bits per heavy atom. The summed E-state index contributed by atoms with van der Waals surface area (Å²) in [7, 11) is 1.67. The Morgan fingerprint density at radius 2 is 2.06 bits per heavy atom. The number of hydrogen-bond acceptors (Lipinski definition) is 9. The molecule has 0 aromatic carbocycles. The molecule has 2 aromatic heterocycles. The first-order chi connectivity index (χ1) is 16.2. The van der Waals surface area contributed by atoms with E-state index in [0.717, 1.165) is 31.4 Å². The number of rotatable bonds is 8.